The van der Waals surface area contributed by atoms with Crippen molar-refractivity contribution in [2.45, 2.75) is 33.7 Å². The third-order valence-electron chi connectivity index (χ3n) is 5.42. The third-order valence-corrected chi connectivity index (χ3v) is 5.42. The highest BCUT2D eigenvalue weighted by Crippen LogP contribution is 2.37. The molecule has 2 heteroatoms. The van der Waals surface area contributed by atoms with Crippen LogP contribution in [0, 0.1) is 0 Å². The molecule has 0 fully saturated rings. The Labute approximate surface area is 179 Å². The number of fused-ring (bicyclic) bond motifs is 7. The maximum Gasteiger partial charge on any atom is 0.142 e. The minimum absolute atomic E-state index is 0.791. The molecule has 0 unspecified atom stereocenters. The van der Waals surface area contributed by atoms with Crippen LogP contribution >= 0.6 is 0 Å². The largest absolute Gasteiger partial charge is 0.320 e. The van der Waals surface area contributed by atoms with Gasteiger partial charge in [0.05, 0.1) is 11.4 Å². The minimum Gasteiger partial charge on any atom is -0.320 e. The monoisotopic (exact) mass is 392 g/mol. The van der Waals surface area contributed by atoms with Gasteiger partial charge >= 0.3 is 0 Å². The SMILES string of the molecule is C=C1/C=C(C)\C=C/Cn2c(nc3c2C=CCC=C3)-c2ccc3ccccc3c21.CC. The van der Waals surface area contributed by atoms with Gasteiger partial charge in [-0.05, 0) is 53.5 Å². The van der Waals surface area contributed by atoms with E-state index in [1.807, 2.05) is 13.8 Å². The number of allylic oxidation sites excluding steroid dienone is 7. The third kappa shape index (κ3) is 3.50. The second-order valence-corrected chi connectivity index (χ2v) is 7.38. The lowest BCUT2D eigenvalue weighted by Crippen LogP contribution is -2.04. The summed E-state index contributed by atoms with van der Waals surface area (Å²) in [4.78, 5) is 5.06. The Hall–Kier alpha value is -3.39. The topological polar surface area (TPSA) is 17.8 Å². The number of imidazole rings is 1. The number of hydrogen-bond acceptors (Lipinski definition) is 1. The average Bonchev–Trinajstić information content (AvgIpc) is 2.94. The quantitative estimate of drug-likeness (QED) is 0.383. The fourth-order valence-electron chi connectivity index (χ4n) is 4.15. The molecule has 0 spiro atoms. The smallest absolute Gasteiger partial charge is 0.142 e. The summed E-state index contributed by atoms with van der Waals surface area (Å²) < 4.78 is 2.32. The van der Waals surface area contributed by atoms with E-state index in [2.05, 4.69) is 97.0 Å². The van der Waals surface area contributed by atoms with Gasteiger partial charge in [-0.2, -0.15) is 0 Å². The number of benzene rings is 2. The van der Waals surface area contributed by atoms with E-state index >= 15 is 0 Å². The summed E-state index contributed by atoms with van der Waals surface area (Å²) in [6, 6.07) is 12.9. The van der Waals surface area contributed by atoms with Crippen molar-refractivity contribution in [3.8, 4) is 11.4 Å². The van der Waals surface area contributed by atoms with E-state index in [1.165, 1.54) is 27.6 Å². The Balaban J connectivity index is 0.00000106. The first-order valence-electron chi connectivity index (χ1n) is 10.7. The zero-order valence-corrected chi connectivity index (χ0v) is 18.0. The van der Waals surface area contributed by atoms with Gasteiger partial charge in [-0.25, -0.2) is 4.98 Å². The van der Waals surface area contributed by atoms with Gasteiger partial charge in [-0.3, -0.25) is 0 Å². The maximum absolute atomic E-state index is 5.06. The molecule has 0 radical (unpaired) electrons. The van der Waals surface area contributed by atoms with E-state index < -0.39 is 0 Å². The normalized spacial score (nSPS) is 17.6. The van der Waals surface area contributed by atoms with Crippen LogP contribution in [-0.4, -0.2) is 9.55 Å². The number of hydrogen-bond donors (Lipinski definition) is 0. The molecule has 1 aliphatic heterocycles. The summed E-state index contributed by atoms with van der Waals surface area (Å²) in [5.74, 6) is 1.00. The van der Waals surface area contributed by atoms with Crippen molar-refractivity contribution in [3.63, 3.8) is 0 Å². The molecule has 1 aliphatic carbocycles. The molecular weight excluding hydrogens is 364 g/mol. The minimum atomic E-state index is 0.791. The zero-order valence-electron chi connectivity index (χ0n) is 18.0. The van der Waals surface area contributed by atoms with Crippen molar-refractivity contribution in [1.82, 2.24) is 9.55 Å². The van der Waals surface area contributed by atoms with E-state index in [1.54, 1.807) is 0 Å². The van der Waals surface area contributed by atoms with Crippen LogP contribution in [-0.2, 0) is 6.54 Å². The highest BCUT2D eigenvalue weighted by atomic mass is 15.1. The molecule has 30 heavy (non-hydrogen) atoms. The molecule has 150 valence electrons. The molecule has 2 aliphatic rings. The van der Waals surface area contributed by atoms with Crippen LogP contribution in [0.3, 0.4) is 0 Å². The molecule has 0 atom stereocenters. The van der Waals surface area contributed by atoms with Crippen molar-refractivity contribution < 1.29 is 0 Å². The first-order chi connectivity index (χ1) is 14.7. The van der Waals surface area contributed by atoms with Gasteiger partial charge in [-0.15, -0.1) is 0 Å². The van der Waals surface area contributed by atoms with Crippen LogP contribution in [0.4, 0.5) is 0 Å². The second-order valence-electron chi connectivity index (χ2n) is 7.38. The Morgan fingerprint density at radius 1 is 0.933 bits per heavy atom. The van der Waals surface area contributed by atoms with Gasteiger partial charge in [0.25, 0.3) is 0 Å². The highest BCUT2D eigenvalue weighted by molar-refractivity contribution is 6.01. The van der Waals surface area contributed by atoms with E-state index in [0.29, 0.717) is 0 Å². The fourth-order valence-corrected chi connectivity index (χ4v) is 4.15. The van der Waals surface area contributed by atoms with Crippen LogP contribution in [0.15, 0.2) is 78.9 Å². The number of nitrogens with zero attached hydrogens (tertiary/aromatic N) is 2. The Bertz CT molecular complexity index is 1230. The van der Waals surface area contributed by atoms with Crippen molar-refractivity contribution in [3.05, 3.63) is 95.9 Å². The summed E-state index contributed by atoms with van der Waals surface area (Å²) in [5, 5.41) is 2.44. The van der Waals surface area contributed by atoms with Gasteiger partial charge in [-0.1, -0.05) is 86.7 Å². The van der Waals surface area contributed by atoms with Gasteiger partial charge in [0.2, 0.25) is 0 Å². The molecule has 2 aromatic carbocycles. The molecule has 0 amide bonds. The standard InChI is InChI=1S/C26H22N2.C2H6/c1-18-9-8-16-28-24-13-5-3-4-12-23(24)27-26(28)22-15-14-20-10-6-7-11-21(20)25(22)19(2)17-18;1-2/h4-15,17H,2-3,16H2,1H3;1-2H3/b9-8-,18-17-;. The van der Waals surface area contributed by atoms with Crippen LogP contribution in [0.2, 0.25) is 0 Å². The second kappa shape index (κ2) is 8.54. The van der Waals surface area contributed by atoms with Crippen LogP contribution < -0.4 is 0 Å². The van der Waals surface area contributed by atoms with Gasteiger partial charge < -0.3 is 4.57 Å². The van der Waals surface area contributed by atoms with Gasteiger partial charge in [0, 0.05) is 12.1 Å². The first-order valence-corrected chi connectivity index (χ1v) is 10.7. The number of aromatic nitrogens is 2. The van der Waals surface area contributed by atoms with E-state index in [-0.39, 0.29) is 0 Å². The van der Waals surface area contributed by atoms with Crippen molar-refractivity contribution >= 4 is 28.5 Å². The Morgan fingerprint density at radius 2 is 1.73 bits per heavy atom. The summed E-state index contributed by atoms with van der Waals surface area (Å²) in [7, 11) is 0. The molecule has 0 bridgehead atoms. The van der Waals surface area contributed by atoms with Crippen molar-refractivity contribution in [2.75, 3.05) is 0 Å². The Kier molecular flexibility index (Phi) is 5.67. The maximum atomic E-state index is 5.06. The lowest BCUT2D eigenvalue weighted by molar-refractivity contribution is 0.820. The van der Waals surface area contributed by atoms with Gasteiger partial charge in [0.1, 0.15) is 5.82 Å². The first kappa shape index (κ1) is 19.9. The van der Waals surface area contributed by atoms with Gasteiger partial charge in [0.15, 0.2) is 0 Å². The lowest BCUT2D eigenvalue weighted by Gasteiger charge is -2.16. The van der Waals surface area contributed by atoms with E-state index in [0.717, 1.165) is 35.6 Å². The molecule has 0 saturated heterocycles. The molecule has 0 saturated carbocycles. The Morgan fingerprint density at radius 3 is 2.60 bits per heavy atom. The van der Waals surface area contributed by atoms with Crippen LogP contribution in [0.1, 0.15) is 44.1 Å². The summed E-state index contributed by atoms with van der Waals surface area (Å²) >= 11 is 0. The summed E-state index contributed by atoms with van der Waals surface area (Å²) in [6.07, 6.45) is 16.2. The van der Waals surface area contributed by atoms with E-state index in [4.69, 9.17) is 4.98 Å². The molecule has 2 nitrogen and oxygen atoms in total. The highest BCUT2D eigenvalue weighted by Gasteiger charge is 2.20. The van der Waals surface area contributed by atoms with Crippen molar-refractivity contribution in [1.29, 1.82) is 0 Å². The van der Waals surface area contributed by atoms with Crippen molar-refractivity contribution in [2.24, 2.45) is 0 Å². The lowest BCUT2D eigenvalue weighted by atomic mass is 9.92. The van der Waals surface area contributed by atoms with E-state index in [9.17, 15) is 0 Å². The molecule has 3 aromatic rings. The molecular formula is C28H28N2. The fraction of sp³-hybridized carbons (Fsp3) is 0.179. The molecule has 1 aromatic heterocycles. The summed E-state index contributed by atoms with van der Waals surface area (Å²) in [6.45, 7) is 11.3. The summed E-state index contributed by atoms with van der Waals surface area (Å²) in [5.41, 5.74) is 6.73. The predicted molar refractivity (Wildman–Crippen MR) is 131 cm³/mol. The predicted octanol–water partition coefficient (Wildman–Crippen LogP) is 7.69. The average molecular weight is 393 g/mol. The zero-order chi connectivity index (χ0) is 21.1. The van der Waals surface area contributed by atoms with Crippen LogP contribution in [0.5, 0.6) is 0 Å². The number of rotatable bonds is 0. The van der Waals surface area contributed by atoms with Crippen LogP contribution in [0.25, 0.3) is 39.9 Å². The molecule has 0 N–H and O–H groups in total. The molecule has 2 heterocycles. The molecule has 5 rings (SSSR count).